The molecule has 0 aromatic rings. The third-order valence-corrected chi connectivity index (χ3v) is 6.96. The second-order valence-corrected chi connectivity index (χ2v) is 8.42. The van der Waals surface area contributed by atoms with Crippen LogP contribution in [0.5, 0.6) is 0 Å². The van der Waals surface area contributed by atoms with Gasteiger partial charge in [-0.15, -0.1) is 0 Å². The molecular weight excluding hydrogens is 617 g/mol. The lowest BCUT2D eigenvalue weighted by molar-refractivity contribution is -0.634. The molecule has 226 valence electrons. The summed E-state index contributed by atoms with van der Waals surface area (Å²) in [5, 5.41) is 0. The number of carbonyl (C=O) groups is 2. The van der Waals surface area contributed by atoms with Gasteiger partial charge in [0.1, 0.15) is 0 Å². The molecule has 4 fully saturated rings. The van der Waals surface area contributed by atoms with Crippen LogP contribution in [0.3, 0.4) is 0 Å². The van der Waals surface area contributed by atoms with Crippen LogP contribution < -0.4 is 0 Å². The predicted molar refractivity (Wildman–Crippen MR) is 76.2 cm³/mol. The van der Waals surface area contributed by atoms with Gasteiger partial charge in [0, 0.05) is 0 Å². The maximum absolute atomic E-state index is 15.4. The number of rotatable bonds is 6. The molecule has 0 spiro atoms. The molecule has 4 saturated carbocycles. The van der Waals surface area contributed by atoms with Gasteiger partial charge in [0.05, 0.1) is 0 Å². The molecule has 0 unspecified atom stereocenters. The van der Waals surface area contributed by atoms with Crippen molar-refractivity contribution in [2.24, 2.45) is 10.8 Å². The van der Waals surface area contributed by atoms with Gasteiger partial charge >= 0.3 is 65.1 Å². The number of esters is 2. The first-order chi connectivity index (χ1) is 17.1. The van der Waals surface area contributed by atoms with Crippen molar-refractivity contribution in [3.63, 3.8) is 0 Å². The fourth-order valence-electron chi connectivity index (χ4n) is 5.39. The largest absolute Gasteiger partial charge is 0.420 e. The van der Waals surface area contributed by atoms with Gasteiger partial charge in [-0.25, -0.2) is 66.7 Å². The topological polar surface area (TPSA) is 52.6 Å². The minimum absolute atomic E-state index is 2.34. The zero-order chi connectivity index (χ0) is 31.1. The van der Waals surface area contributed by atoms with E-state index in [0.29, 0.717) is 0 Å². The van der Waals surface area contributed by atoms with Crippen molar-refractivity contribution in [3.05, 3.63) is 0 Å². The monoisotopic (exact) mass is 622 g/mol. The quantitative estimate of drug-likeness (QED) is 0.304. The minimum atomic E-state index is -8.45. The van der Waals surface area contributed by atoms with E-state index < -0.39 is 95.5 Å². The average Bonchev–Trinajstić information content (AvgIpc) is 2.73. The van der Waals surface area contributed by atoms with E-state index in [1.165, 1.54) is 0 Å². The van der Waals surface area contributed by atoms with E-state index in [1.807, 2.05) is 0 Å². The van der Waals surface area contributed by atoms with Crippen molar-refractivity contribution in [3.8, 4) is 0 Å². The lowest BCUT2D eigenvalue weighted by Gasteiger charge is -2.76. The third kappa shape index (κ3) is 2.32. The summed E-state index contributed by atoms with van der Waals surface area (Å²) in [6.45, 7) is -6.14. The Morgan fingerprint density at radius 3 is 0.974 bits per heavy atom. The van der Waals surface area contributed by atoms with Crippen LogP contribution in [-0.2, 0) is 19.1 Å². The molecule has 0 N–H and O–H groups in total. The fourth-order valence-corrected chi connectivity index (χ4v) is 5.39. The van der Waals surface area contributed by atoms with Crippen molar-refractivity contribution >= 4 is 11.9 Å². The Morgan fingerprint density at radius 1 is 0.538 bits per heavy atom. The van der Waals surface area contributed by atoms with E-state index in [9.17, 15) is 79.8 Å². The molecule has 0 amide bonds. The zero-order valence-electron chi connectivity index (χ0n) is 17.3. The van der Waals surface area contributed by atoms with Crippen molar-refractivity contribution < 1.29 is 102 Å². The van der Waals surface area contributed by atoms with Crippen LogP contribution in [0.25, 0.3) is 0 Å². The highest BCUT2D eigenvalue weighted by molar-refractivity contribution is 5.72. The van der Waals surface area contributed by atoms with E-state index >= 15 is 13.2 Å². The molecule has 0 aromatic heterocycles. The molecule has 23 heteroatoms. The average molecular weight is 622 g/mol. The maximum Gasteiger partial charge on any atom is 0.420 e. The number of alkyl halides is 19. The van der Waals surface area contributed by atoms with Gasteiger partial charge < -0.3 is 9.47 Å². The smallest absolute Gasteiger partial charge is 0.398 e. The molecule has 0 heterocycles. The van der Waals surface area contributed by atoms with Crippen LogP contribution in [-0.4, -0.2) is 84.6 Å². The van der Waals surface area contributed by atoms with Crippen molar-refractivity contribution in [2.75, 3.05) is 13.3 Å². The summed E-state index contributed by atoms with van der Waals surface area (Å²) in [5.74, 6) is -49.0. The van der Waals surface area contributed by atoms with Crippen molar-refractivity contribution in [2.45, 2.75) is 59.3 Å². The second kappa shape index (κ2) is 7.27. The highest BCUT2D eigenvalue weighted by Crippen LogP contribution is 2.93. The van der Waals surface area contributed by atoms with E-state index in [2.05, 4.69) is 9.47 Å². The van der Waals surface area contributed by atoms with Crippen LogP contribution in [0.4, 0.5) is 83.4 Å². The third-order valence-electron chi connectivity index (χ3n) is 6.96. The predicted octanol–water partition coefficient (Wildman–Crippen LogP) is 5.14. The molecule has 0 atom stereocenters. The van der Waals surface area contributed by atoms with E-state index in [-0.39, 0.29) is 0 Å². The summed E-state index contributed by atoms with van der Waals surface area (Å²) in [6.07, 6.45) is -22.6. The Kier molecular flexibility index (Phi) is 5.80. The van der Waals surface area contributed by atoms with Gasteiger partial charge in [-0.1, -0.05) is 0 Å². The van der Waals surface area contributed by atoms with Crippen LogP contribution in [0.1, 0.15) is 0 Å². The summed E-state index contributed by atoms with van der Waals surface area (Å²) in [4.78, 5) is 21.7. The van der Waals surface area contributed by atoms with Gasteiger partial charge in [-0.3, -0.25) is 0 Å². The highest BCUT2D eigenvalue weighted by Gasteiger charge is 3.23. The van der Waals surface area contributed by atoms with Gasteiger partial charge in [0.15, 0.2) is 19.5 Å². The molecule has 0 radical (unpaired) electrons. The minimum Gasteiger partial charge on any atom is -0.398 e. The second-order valence-electron chi connectivity index (χ2n) is 8.42. The Hall–Kier alpha value is -2.39. The molecule has 39 heavy (non-hydrogen) atoms. The molecule has 0 saturated heterocycles. The number of hydrogen-bond donors (Lipinski definition) is 0. The van der Waals surface area contributed by atoms with Crippen molar-refractivity contribution in [1.82, 2.24) is 0 Å². The molecule has 0 aliphatic heterocycles. The molecule has 0 aromatic carbocycles. The SMILES string of the molecule is O=C(CF)OC(F)(F)C12C(F)C3(C(F)(F)OC(=O)CF)C(F)(F)C(F)(C(F)(F)C(F)(C1(F)F)C3(F)F)C2(F)F. The number of halogens is 19. The standard InChI is InChI=1S/C16H5F19O4/c17-1-3(36)38-15(32,33)6-5(19)7(16(34,35)39-4(37)2-18)12(26,27)8(20,10(6,22)23)14(30,31)9(21,11(6,24)25)13(7,28)29/h5H,1-2H2. The Morgan fingerprint density at radius 2 is 0.769 bits per heavy atom. The van der Waals surface area contributed by atoms with Crippen LogP contribution >= 0.6 is 0 Å². The normalized spacial score (nSPS) is 40.7. The summed E-state index contributed by atoms with van der Waals surface area (Å²) >= 11 is 0. The lowest BCUT2D eigenvalue weighted by atomic mass is 9.33. The van der Waals surface area contributed by atoms with E-state index in [4.69, 9.17) is 0 Å². The van der Waals surface area contributed by atoms with E-state index in [0.717, 1.165) is 0 Å². The van der Waals surface area contributed by atoms with Gasteiger partial charge in [-0.05, 0) is 0 Å². The first kappa shape index (κ1) is 31.1. The van der Waals surface area contributed by atoms with Gasteiger partial charge in [0.2, 0.25) is 10.8 Å². The highest BCUT2D eigenvalue weighted by atomic mass is 19.3. The number of carbonyl (C=O) groups excluding carboxylic acids is 2. The summed E-state index contributed by atoms with van der Waals surface area (Å²) in [6, 6.07) is 0. The van der Waals surface area contributed by atoms with Crippen LogP contribution in [0.2, 0.25) is 0 Å². The lowest BCUT2D eigenvalue weighted by Crippen LogP contribution is -3.07. The first-order valence-corrected chi connectivity index (χ1v) is 9.29. The molecule has 4 bridgehead atoms. The fraction of sp³-hybridized carbons (Fsp3) is 0.875. The van der Waals surface area contributed by atoms with E-state index in [1.54, 1.807) is 0 Å². The Labute approximate surface area is 199 Å². The van der Waals surface area contributed by atoms with Gasteiger partial charge in [0.25, 0.3) is 0 Å². The Balaban J connectivity index is 2.74. The zero-order valence-corrected chi connectivity index (χ0v) is 17.3. The van der Waals surface area contributed by atoms with Gasteiger partial charge in [-0.2, -0.15) is 26.3 Å². The number of ether oxygens (including phenoxy) is 2. The molecule has 4 rings (SSSR count). The summed E-state index contributed by atoms with van der Waals surface area (Å²) in [5.41, 5.74) is -33.0. The van der Waals surface area contributed by atoms with Crippen molar-refractivity contribution in [1.29, 1.82) is 0 Å². The maximum atomic E-state index is 15.4. The molecular formula is C16H5F19O4. The number of hydrogen-bond acceptors (Lipinski definition) is 4. The molecule has 4 aliphatic carbocycles. The Bertz CT molecular complexity index is 985. The van der Waals surface area contributed by atoms with Crippen LogP contribution in [0.15, 0.2) is 0 Å². The first-order valence-electron chi connectivity index (χ1n) is 9.29. The summed E-state index contributed by atoms with van der Waals surface area (Å²) < 4.78 is 283. The molecule has 4 nitrogen and oxygen atoms in total. The summed E-state index contributed by atoms with van der Waals surface area (Å²) in [7, 11) is 0. The molecule has 4 aliphatic rings. The van der Waals surface area contributed by atoms with Crippen LogP contribution in [0, 0.1) is 10.8 Å².